The van der Waals surface area contributed by atoms with Gasteiger partial charge in [-0.1, -0.05) is 42.4 Å². The maximum absolute atomic E-state index is 13.2. The summed E-state index contributed by atoms with van der Waals surface area (Å²) in [6, 6.07) is 13.9. The molecule has 2 atom stereocenters. The SMILES string of the molecule is C=C(/N=C\c1nc(-c2ccccc2Cl)n(CC2CCNC2)c1N)NC(C)c1ccc(F)cc1. The Morgan fingerprint density at radius 1 is 1.36 bits per heavy atom. The Balaban J connectivity index is 1.56. The number of nitrogens with zero attached hydrogens (tertiary/aromatic N) is 3. The topological polar surface area (TPSA) is 80.3 Å². The summed E-state index contributed by atoms with van der Waals surface area (Å²) in [5, 5.41) is 7.22. The van der Waals surface area contributed by atoms with Crippen molar-refractivity contribution in [1.29, 1.82) is 0 Å². The van der Waals surface area contributed by atoms with Crippen LogP contribution in [0.2, 0.25) is 5.02 Å². The van der Waals surface area contributed by atoms with Crippen LogP contribution in [0.3, 0.4) is 0 Å². The fourth-order valence-corrected chi connectivity index (χ4v) is 4.22. The number of anilines is 1. The maximum atomic E-state index is 13.2. The van der Waals surface area contributed by atoms with Crippen molar-refractivity contribution in [3.8, 4) is 11.4 Å². The number of benzene rings is 2. The fraction of sp³-hybridized carbons (Fsp3) is 0.280. The first-order valence-electron chi connectivity index (χ1n) is 11.0. The molecule has 0 saturated carbocycles. The smallest absolute Gasteiger partial charge is 0.143 e. The molecule has 2 aromatic carbocycles. The minimum Gasteiger partial charge on any atom is -0.383 e. The number of imidazole rings is 1. The van der Waals surface area contributed by atoms with Gasteiger partial charge in [0.25, 0.3) is 0 Å². The maximum Gasteiger partial charge on any atom is 0.143 e. The third-order valence-electron chi connectivity index (χ3n) is 5.85. The van der Waals surface area contributed by atoms with Crippen LogP contribution < -0.4 is 16.4 Å². The van der Waals surface area contributed by atoms with E-state index >= 15 is 0 Å². The van der Waals surface area contributed by atoms with Crippen molar-refractivity contribution in [2.24, 2.45) is 10.9 Å². The van der Waals surface area contributed by atoms with Crippen LogP contribution in [0.5, 0.6) is 0 Å². The number of nitrogen functional groups attached to an aromatic ring is 1. The monoisotopic (exact) mass is 466 g/mol. The van der Waals surface area contributed by atoms with E-state index in [1.165, 1.54) is 12.1 Å². The molecule has 8 heteroatoms. The molecular weight excluding hydrogens is 439 g/mol. The quantitative estimate of drug-likeness (QED) is 0.417. The van der Waals surface area contributed by atoms with Gasteiger partial charge in [0.1, 0.15) is 29.0 Å². The van der Waals surface area contributed by atoms with Gasteiger partial charge in [0.15, 0.2) is 0 Å². The zero-order valence-corrected chi connectivity index (χ0v) is 19.3. The molecule has 2 heterocycles. The number of halogens is 2. The number of aromatic nitrogens is 2. The molecule has 1 saturated heterocycles. The third-order valence-corrected chi connectivity index (χ3v) is 6.18. The predicted molar refractivity (Wildman–Crippen MR) is 133 cm³/mol. The van der Waals surface area contributed by atoms with Crippen LogP contribution in [-0.2, 0) is 6.54 Å². The second-order valence-electron chi connectivity index (χ2n) is 8.28. The van der Waals surface area contributed by atoms with Crippen LogP contribution in [0.15, 0.2) is 65.9 Å². The molecule has 1 fully saturated rings. The van der Waals surface area contributed by atoms with Crippen molar-refractivity contribution in [3.05, 3.63) is 83.0 Å². The van der Waals surface area contributed by atoms with Gasteiger partial charge in [-0.05, 0) is 62.2 Å². The third kappa shape index (κ3) is 5.43. The Kier molecular flexibility index (Phi) is 7.11. The number of aliphatic imine (C=N–C) groups is 1. The van der Waals surface area contributed by atoms with Crippen LogP contribution in [0, 0.1) is 11.7 Å². The summed E-state index contributed by atoms with van der Waals surface area (Å²) in [5.41, 5.74) is 8.85. The molecule has 33 heavy (non-hydrogen) atoms. The standard InChI is InChI=1S/C25H28ClFN6/c1-16(19-7-9-20(27)10-8-19)31-17(2)30-14-23-24(28)33(15-18-11-12-29-13-18)25(32-23)21-5-3-4-6-22(21)26/h3-10,14,16,18,29,31H,2,11-13,15,28H2,1H3/b30-14-. The summed E-state index contributed by atoms with van der Waals surface area (Å²) in [5.74, 6) is 1.93. The molecule has 6 nitrogen and oxygen atoms in total. The molecule has 0 spiro atoms. The van der Waals surface area contributed by atoms with Crippen molar-refractivity contribution < 1.29 is 4.39 Å². The average Bonchev–Trinajstić information content (AvgIpc) is 3.42. The largest absolute Gasteiger partial charge is 0.383 e. The first-order valence-corrected chi connectivity index (χ1v) is 11.4. The summed E-state index contributed by atoms with van der Waals surface area (Å²) in [4.78, 5) is 9.21. The lowest BCUT2D eigenvalue weighted by atomic mass is 10.1. The number of hydrogen-bond acceptors (Lipinski definition) is 5. The van der Waals surface area contributed by atoms with E-state index in [4.69, 9.17) is 22.3 Å². The summed E-state index contributed by atoms with van der Waals surface area (Å²) in [6.45, 7) is 8.65. The van der Waals surface area contributed by atoms with E-state index in [0.717, 1.165) is 43.0 Å². The Bertz CT molecular complexity index is 1150. The van der Waals surface area contributed by atoms with Gasteiger partial charge in [-0.3, -0.25) is 0 Å². The highest BCUT2D eigenvalue weighted by atomic mass is 35.5. The van der Waals surface area contributed by atoms with Crippen LogP contribution >= 0.6 is 11.6 Å². The zero-order valence-electron chi connectivity index (χ0n) is 18.6. The Morgan fingerprint density at radius 3 is 2.82 bits per heavy atom. The van der Waals surface area contributed by atoms with Gasteiger partial charge in [0.2, 0.25) is 0 Å². The fourth-order valence-electron chi connectivity index (χ4n) is 4.00. The summed E-state index contributed by atoms with van der Waals surface area (Å²) >= 11 is 6.47. The summed E-state index contributed by atoms with van der Waals surface area (Å²) in [6.07, 6.45) is 2.71. The predicted octanol–water partition coefficient (Wildman–Crippen LogP) is 4.78. The number of nitrogens with one attached hydrogen (secondary N) is 2. The van der Waals surface area contributed by atoms with E-state index in [1.807, 2.05) is 35.8 Å². The van der Waals surface area contributed by atoms with Gasteiger partial charge in [-0.15, -0.1) is 0 Å². The lowest BCUT2D eigenvalue weighted by Gasteiger charge is -2.15. The molecule has 0 bridgehead atoms. The second-order valence-corrected chi connectivity index (χ2v) is 8.68. The van der Waals surface area contributed by atoms with Crippen molar-refractivity contribution in [1.82, 2.24) is 20.2 Å². The van der Waals surface area contributed by atoms with Gasteiger partial charge in [-0.2, -0.15) is 0 Å². The van der Waals surface area contributed by atoms with Gasteiger partial charge < -0.3 is 20.9 Å². The molecule has 172 valence electrons. The zero-order chi connectivity index (χ0) is 23.4. The van der Waals surface area contributed by atoms with E-state index in [0.29, 0.717) is 28.3 Å². The van der Waals surface area contributed by atoms with Gasteiger partial charge in [-0.25, -0.2) is 14.4 Å². The summed E-state index contributed by atoms with van der Waals surface area (Å²) in [7, 11) is 0. The minimum absolute atomic E-state index is 0.0845. The summed E-state index contributed by atoms with van der Waals surface area (Å²) < 4.78 is 15.2. The van der Waals surface area contributed by atoms with Crippen molar-refractivity contribution in [2.75, 3.05) is 18.8 Å². The van der Waals surface area contributed by atoms with Gasteiger partial charge in [0, 0.05) is 18.2 Å². The Hall–Kier alpha value is -3.16. The van der Waals surface area contributed by atoms with E-state index in [1.54, 1.807) is 18.3 Å². The Labute approximate surface area is 198 Å². The first kappa shape index (κ1) is 23.0. The average molecular weight is 467 g/mol. The van der Waals surface area contributed by atoms with Crippen LogP contribution in [-0.4, -0.2) is 28.9 Å². The van der Waals surface area contributed by atoms with Crippen molar-refractivity contribution in [3.63, 3.8) is 0 Å². The molecule has 2 unspecified atom stereocenters. The lowest BCUT2D eigenvalue weighted by molar-refractivity contribution is 0.488. The molecule has 4 rings (SSSR count). The van der Waals surface area contributed by atoms with Crippen LogP contribution in [0.1, 0.15) is 30.6 Å². The molecule has 3 aromatic rings. The van der Waals surface area contributed by atoms with E-state index in [2.05, 4.69) is 22.2 Å². The van der Waals surface area contributed by atoms with E-state index < -0.39 is 0 Å². The van der Waals surface area contributed by atoms with Crippen molar-refractivity contribution >= 4 is 23.6 Å². The second kappa shape index (κ2) is 10.2. The van der Waals surface area contributed by atoms with Crippen LogP contribution in [0.25, 0.3) is 11.4 Å². The molecule has 4 N–H and O–H groups in total. The highest BCUT2D eigenvalue weighted by Crippen LogP contribution is 2.31. The molecule has 1 aliphatic rings. The Morgan fingerprint density at radius 2 is 2.12 bits per heavy atom. The van der Waals surface area contributed by atoms with Gasteiger partial charge >= 0.3 is 0 Å². The number of nitrogens with two attached hydrogens (primary N) is 1. The lowest BCUT2D eigenvalue weighted by Crippen LogP contribution is -2.17. The molecule has 0 aliphatic carbocycles. The molecule has 1 aliphatic heterocycles. The number of hydrogen-bond donors (Lipinski definition) is 3. The molecule has 1 aromatic heterocycles. The van der Waals surface area contributed by atoms with Crippen molar-refractivity contribution in [2.45, 2.75) is 25.9 Å². The molecule has 0 amide bonds. The van der Waals surface area contributed by atoms with E-state index in [9.17, 15) is 4.39 Å². The number of rotatable bonds is 8. The highest BCUT2D eigenvalue weighted by molar-refractivity contribution is 6.33. The van der Waals surface area contributed by atoms with Gasteiger partial charge in [0.05, 0.1) is 11.2 Å². The molecular formula is C25H28ClFN6. The first-order chi connectivity index (χ1) is 15.9. The van der Waals surface area contributed by atoms with E-state index in [-0.39, 0.29) is 11.9 Å². The highest BCUT2D eigenvalue weighted by Gasteiger charge is 2.22. The normalized spacial score (nSPS) is 16.9. The van der Waals surface area contributed by atoms with Crippen LogP contribution in [0.4, 0.5) is 10.2 Å². The molecule has 0 radical (unpaired) electrons. The minimum atomic E-state index is -0.267.